The predicted molar refractivity (Wildman–Crippen MR) is 84.3 cm³/mol. The standard InChI is InChI=1S/C10H21.C4H6O7S.2Na.H/c1-4-7-8-9-10(5-2)6-3;5-3(6)1-2(4(7)8)12(9,10)11;;;/h4-9H2,1-3H3;2H,1H2,(H,5,6)(H,7,8)(H,9,10,11);;;/q-1;;2*+1;-1. The molecule has 0 aliphatic rings. The molecule has 0 radical (unpaired) electrons. The van der Waals surface area contributed by atoms with Gasteiger partial charge in [0.05, 0.1) is 6.42 Å². The van der Waals surface area contributed by atoms with Crippen LogP contribution in [0.15, 0.2) is 0 Å². The maximum absolute atomic E-state index is 10.2. The molecule has 0 spiro atoms. The molecule has 1 unspecified atom stereocenters. The molecule has 0 saturated heterocycles. The van der Waals surface area contributed by atoms with Crippen LogP contribution in [0.25, 0.3) is 0 Å². The van der Waals surface area contributed by atoms with E-state index in [4.69, 9.17) is 14.8 Å². The van der Waals surface area contributed by atoms with Crippen LogP contribution in [0.4, 0.5) is 0 Å². The van der Waals surface area contributed by atoms with Crippen LogP contribution in [0, 0.1) is 5.92 Å². The third kappa shape index (κ3) is 19.2. The molecule has 0 fully saturated rings. The van der Waals surface area contributed by atoms with Gasteiger partial charge in [-0.3, -0.25) is 14.1 Å². The Balaban J connectivity index is -0.0000000964. The summed E-state index contributed by atoms with van der Waals surface area (Å²) in [5, 5.41) is 13.9. The van der Waals surface area contributed by atoms with Crippen molar-refractivity contribution < 1.29 is 93.3 Å². The smallest absolute Gasteiger partial charge is 1.00 e. The maximum Gasteiger partial charge on any atom is 1.00 e. The fourth-order valence-electron chi connectivity index (χ4n) is 1.71. The van der Waals surface area contributed by atoms with Gasteiger partial charge in [0.25, 0.3) is 10.1 Å². The second kappa shape index (κ2) is 18.6. The van der Waals surface area contributed by atoms with E-state index < -0.39 is 33.7 Å². The molecule has 0 amide bonds. The van der Waals surface area contributed by atoms with E-state index in [-0.39, 0.29) is 60.5 Å². The molecule has 0 heterocycles. The summed E-state index contributed by atoms with van der Waals surface area (Å²) in [6, 6.07) is 0. The first-order valence-corrected chi connectivity index (χ1v) is 8.84. The average molecular weight is 386 g/mol. The summed E-state index contributed by atoms with van der Waals surface area (Å²) < 4.78 is 28.7. The van der Waals surface area contributed by atoms with Crippen molar-refractivity contribution in [3.8, 4) is 0 Å². The Labute approximate surface area is 190 Å². The van der Waals surface area contributed by atoms with E-state index in [0.717, 1.165) is 0 Å². The summed E-state index contributed by atoms with van der Waals surface area (Å²) in [6.45, 7) is 6.80. The predicted octanol–water partition coefficient (Wildman–Crippen LogP) is -3.12. The molecule has 0 bridgehead atoms. The summed E-state index contributed by atoms with van der Waals surface area (Å²) in [5.41, 5.74) is 0. The maximum atomic E-state index is 10.2. The van der Waals surface area contributed by atoms with E-state index >= 15 is 0 Å². The van der Waals surface area contributed by atoms with Crippen LogP contribution in [0.2, 0.25) is 0 Å². The average Bonchev–Trinajstić information content (AvgIpc) is 2.40. The second-order valence-electron chi connectivity index (χ2n) is 4.85. The van der Waals surface area contributed by atoms with Crippen LogP contribution in [0.1, 0.15) is 67.1 Å². The van der Waals surface area contributed by atoms with Crippen molar-refractivity contribution in [2.24, 2.45) is 0 Å². The van der Waals surface area contributed by atoms with Gasteiger partial charge in [-0.15, -0.1) is 0 Å². The molecule has 0 aromatic carbocycles. The first-order valence-electron chi connectivity index (χ1n) is 7.34. The summed E-state index contributed by atoms with van der Waals surface area (Å²) in [5.74, 6) is -1.76. The zero-order valence-corrected chi connectivity index (χ0v) is 20.2. The van der Waals surface area contributed by atoms with Gasteiger partial charge in [0.2, 0.25) is 0 Å². The van der Waals surface area contributed by atoms with Crippen molar-refractivity contribution >= 4 is 22.1 Å². The second-order valence-corrected chi connectivity index (χ2v) is 6.45. The van der Waals surface area contributed by atoms with Gasteiger partial charge in [0.15, 0.2) is 5.25 Å². The topological polar surface area (TPSA) is 129 Å². The number of unbranched alkanes of at least 4 members (excludes halogenated alkanes) is 2. The van der Waals surface area contributed by atoms with Gasteiger partial charge in [-0.2, -0.15) is 27.7 Å². The minimum absolute atomic E-state index is 0. The Kier molecular flexibility index (Phi) is 25.2. The summed E-state index contributed by atoms with van der Waals surface area (Å²) in [7, 11) is -4.84. The van der Waals surface area contributed by atoms with Crippen LogP contribution in [-0.4, -0.2) is 40.4 Å². The largest absolute Gasteiger partial charge is 1.00 e. The molecule has 0 saturated carbocycles. The first kappa shape index (κ1) is 32.5. The number of hydrogen-bond acceptors (Lipinski definition) is 4. The zero-order chi connectivity index (χ0) is 17.8. The van der Waals surface area contributed by atoms with Crippen molar-refractivity contribution in [2.75, 3.05) is 0 Å². The normalized spacial score (nSPS) is 11.4. The van der Waals surface area contributed by atoms with E-state index in [1.165, 1.54) is 38.5 Å². The van der Waals surface area contributed by atoms with Crippen LogP contribution in [-0.2, 0) is 19.7 Å². The van der Waals surface area contributed by atoms with Gasteiger partial charge in [0.1, 0.15) is 0 Å². The third-order valence-corrected chi connectivity index (χ3v) is 4.22. The zero-order valence-electron chi connectivity index (χ0n) is 16.4. The molecule has 24 heavy (non-hydrogen) atoms. The number of carboxylic acids is 2. The number of carbonyl (C=O) groups is 2. The van der Waals surface area contributed by atoms with Crippen molar-refractivity contribution in [2.45, 2.75) is 71.0 Å². The first-order chi connectivity index (χ1) is 10.1. The monoisotopic (exact) mass is 386 g/mol. The van der Waals surface area contributed by atoms with Gasteiger partial charge in [-0.05, 0) is 0 Å². The van der Waals surface area contributed by atoms with Gasteiger partial charge < -0.3 is 17.6 Å². The van der Waals surface area contributed by atoms with E-state index in [9.17, 15) is 18.0 Å². The van der Waals surface area contributed by atoms with E-state index in [1.54, 1.807) is 5.92 Å². The number of aliphatic carboxylic acids is 2. The third-order valence-electron chi connectivity index (χ3n) is 3.13. The molecule has 0 aliphatic heterocycles. The molecule has 1 atom stereocenters. The van der Waals surface area contributed by atoms with Crippen molar-refractivity contribution in [3.63, 3.8) is 0 Å². The van der Waals surface area contributed by atoms with E-state index in [2.05, 4.69) is 20.8 Å². The van der Waals surface area contributed by atoms with Gasteiger partial charge in [-0.25, -0.2) is 0 Å². The van der Waals surface area contributed by atoms with Crippen LogP contribution in [0.5, 0.6) is 0 Å². The van der Waals surface area contributed by atoms with Crippen molar-refractivity contribution in [3.05, 3.63) is 5.92 Å². The molecule has 0 rings (SSSR count). The quantitative estimate of drug-likeness (QED) is 0.157. The van der Waals surface area contributed by atoms with Crippen molar-refractivity contribution in [1.29, 1.82) is 0 Å². The Morgan fingerprint density at radius 1 is 1.04 bits per heavy atom. The molecular formula is C14H28Na2O7S. The number of carboxylic acid groups (broad SMARTS) is 2. The molecule has 3 N–H and O–H groups in total. The Bertz CT molecular complexity index is 429. The number of rotatable bonds is 10. The van der Waals surface area contributed by atoms with Crippen LogP contribution < -0.4 is 59.1 Å². The number of hydrogen-bond donors (Lipinski definition) is 3. The molecule has 0 aromatic rings. The Morgan fingerprint density at radius 3 is 1.71 bits per heavy atom. The summed E-state index contributed by atoms with van der Waals surface area (Å²) >= 11 is 0. The molecule has 0 aromatic heterocycles. The SMILES string of the molecule is CCCCC[C-](CC)CC.O=C(O)CC(C(=O)O)S(=O)(=O)O.[H-].[Na+].[Na+]. The van der Waals surface area contributed by atoms with E-state index in [0.29, 0.717) is 0 Å². The molecule has 134 valence electrons. The summed E-state index contributed by atoms with van der Waals surface area (Å²) in [4.78, 5) is 20.0. The molecule has 0 aliphatic carbocycles. The van der Waals surface area contributed by atoms with E-state index in [1.807, 2.05) is 0 Å². The summed E-state index contributed by atoms with van der Waals surface area (Å²) in [6.07, 6.45) is 6.97. The van der Waals surface area contributed by atoms with Gasteiger partial charge in [-0.1, -0.05) is 40.0 Å². The Morgan fingerprint density at radius 2 is 1.50 bits per heavy atom. The van der Waals surface area contributed by atoms with Crippen LogP contribution >= 0.6 is 0 Å². The van der Waals surface area contributed by atoms with Gasteiger partial charge >= 0.3 is 71.1 Å². The Hall–Kier alpha value is 0.850. The molecular weight excluding hydrogens is 358 g/mol. The molecule has 7 nitrogen and oxygen atoms in total. The molecule has 10 heteroatoms. The minimum Gasteiger partial charge on any atom is -1.00 e. The fourth-order valence-corrected chi connectivity index (χ4v) is 2.32. The van der Waals surface area contributed by atoms with Gasteiger partial charge in [0, 0.05) is 0 Å². The minimum atomic E-state index is -4.84. The van der Waals surface area contributed by atoms with Crippen molar-refractivity contribution in [1.82, 2.24) is 0 Å². The fraction of sp³-hybridized carbons (Fsp3) is 0.786. The van der Waals surface area contributed by atoms with Crippen LogP contribution in [0.3, 0.4) is 0 Å².